The third-order valence-electron chi connectivity index (χ3n) is 5.82. The average Bonchev–Trinajstić information content (AvgIpc) is 3.27. The van der Waals surface area contributed by atoms with Crippen molar-refractivity contribution in [3.05, 3.63) is 92.6 Å². The molecule has 4 aromatic rings. The van der Waals surface area contributed by atoms with Crippen LogP contribution in [0.5, 0.6) is 5.75 Å². The summed E-state index contributed by atoms with van der Waals surface area (Å²) in [4.78, 5) is 31.5. The number of aromatic amines is 1. The number of benzene rings is 2. The number of hydrazone groups is 1. The van der Waals surface area contributed by atoms with E-state index >= 15 is 0 Å². The summed E-state index contributed by atoms with van der Waals surface area (Å²) in [6.45, 7) is 3.87. The van der Waals surface area contributed by atoms with E-state index in [9.17, 15) is 14.7 Å². The van der Waals surface area contributed by atoms with Crippen molar-refractivity contribution in [1.29, 1.82) is 0 Å². The van der Waals surface area contributed by atoms with Gasteiger partial charge in [0.2, 0.25) is 5.95 Å². The summed E-state index contributed by atoms with van der Waals surface area (Å²) in [6.07, 6.45) is 3.72. The molecule has 1 unspecified atom stereocenters. The van der Waals surface area contributed by atoms with Gasteiger partial charge in [-0.25, -0.2) is 10.2 Å². The topological polar surface area (TPSA) is 127 Å². The molecule has 0 bridgehead atoms. The number of aryl methyl sites for hydroxylation is 2. The molecule has 4 rings (SSSR count). The third-order valence-corrected chi connectivity index (χ3v) is 5.82. The highest BCUT2D eigenvalue weighted by atomic mass is 16.5. The summed E-state index contributed by atoms with van der Waals surface area (Å²) >= 11 is 0. The molecule has 2 aromatic heterocycles. The lowest BCUT2D eigenvalue weighted by Gasteiger charge is -2.15. The molecular weight excluding hydrogens is 472 g/mol. The molecule has 0 fully saturated rings. The maximum absolute atomic E-state index is 12.7. The molecule has 37 heavy (non-hydrogen) atoms. The van der Waals surface area contributed by atoms with Crippen molar-refractivity contribution in [2.24, 2.45) is 12.1 Å². The molecule has 0 radical (unpaired) electrons. The third kappa shape index (κ3) is 6.22. The molecule has 0 saturated heterocycles. The first-order valence-electron chi connectivity index (χ1n) is 12.0. The predicted octanol–water partition coefficient (Wildman–Crippen LogP) is 2.93. The highest BCUT2D eigenvalue weighted by Gasteiger charge is 2.20. The van der Waals surface area contributed by atoms with Crippen LogP contribution in [0.4, 0.5) is 5.95 Å². The monoisotopic (exact) mass is 502 g/mol. The van der Waals surface area contributed by atoms with Crippen molar-refractivity contribution >= 4 is 28.9 Å². The summed E-state index contributed by atoms with van der Waals surface area (Å²) in [5.41, 5.74) is 4.87. The number of rotatable bonds is 10. The molecule has 0 saturated carbocycles. The van der Waals surface area contributed by atoms with Gasteiger partial charge >= 0.3 is 5.69 Å². The van der Waals surface area contributed by atoms with E-state index in [4.69, 9.17) is 4.74 Å². The number of hydrogen-bond donors (Lipinski definition) is 3. The molecule has 192 valence electrons. The lowest BCUT2D eigenvalue weighted by Crippen LogP contribution is -2.30. The minimum absolute atomic E-state index is 0.00361. The number of aromatic nitrogens is 4. The van der Waals surface area contributed by atoms with Crippen LogP contribution in [0.2, 0.25) is 0 Å². The van der Waals surface area contributed by atoms with E-state index in [2.05, 4.69) is 27.4 Å². The smallest absolute Gasteiger partial charge is 0.329 e. The van der Waals surface area contributed by atoms with Gasteiger partial charge in [0.25, 0.3) is 5.56 Å². The summed E-state index contributed by atoms with van der Waals surface area (Å²) in [5, 5.41) is 15.1. The van der Waals surface area contributed by atoms with Gasteiger partial charge in [-0.05, 0) is 42.7 Å². The number of H-pyrrole nitrogens is 1. The Morgan fingerprint density at radius 3 is 2.62 bits per heavy atom. The van der Waals surface area contributed by atoms with Gasteiger partial charge in [0.15, 0.2) is 11.2 Å². The summed E-state index contributed by atoms with van der Waals surface area (Å²) in [7, 11) is 1.51. The lowest BCUT2D eigenvalue weighted by molar-refractivity contribution is 0.0938. The van der Waals surface area contributed by atoms with Gasteiger partial charge in [-0.1, -0.05) is 55.5 Å². The zero-order chi connectivity index (χ0) is 26.4. The fourth-order valence-electron chi connectivity index (χ4n) is 3.73. The number of hydrogen-bond acceptors (Lipinski definition) is 7. The molecule has 0 spiro atoms. The van der Waals surface area contributed by atoms with Gasteiger partial charge in [0.1, 0.15) is 18.5 Å². The zero-order valence-electron chi connectivity index (χ0n) is 21.0. The molecule has 0 aliphatic carbocycles. The number of nitrogens with zero attached hydrogens (tertiary/aromatic N) is 4. The number of nitrogens with one attached hydrogen (secondary N) is 2. The van der Waals surface area contributed by atoms with Gasteiger partial charge in [-0.3, -0.25) is 14.3 Å². The van der Waals surface area contributed by atoms with Crippen LogP contribution < -0.4 is 21.4 Å². The number of aliphatic hydroxyl groups is 1. The van der Waals surface area contributed by atoms with E-state index in [1.54, 1.807) is 0 Å². The van der Waals surface area contributed by atoms with Gasteiger partial charge in [0.05, 0.1) is 12.3 Å². The molecule has 0 amide bonds. The van der Waals surface area contributed by atoms with E-state index in [1.807, 2.05) is 73.7 Å². The normalized spacial score (nSPS) is 12.8. The molecule has 10 heteroatoms. The quantitative estimate of drug-likeness (QED) is 0.226. The standard InChI is InChI=1S/C27H30N6O4/c1-4-19-12-14-22(15-13-19)37-17-21(34)16-33-23-24(32(3)27(36)29-25(23)35)28-26(33)31-30-18(2)10-11-20-8-6-5-7-9-20/h5-15,21,34H,4,16-17H2,1-3H3,(H,28,31)(H,29,35,36)/b11-10+,30-18+. The first-order chi connectivity index (χ1) is 17.9. The Morgan fingerprint density at radius 1 is 1.19 bits per heavy atom. The molecule has 2 heterocycles. The maximum atomic E-state index is 12.7. The van der Waals surface area contributed by atoms with Crippen LogP contribution in [0.3, 0.4) is 0 Å². The fraction of sp³-hybridized carbons (Fsp3) is 0.259. The molecular formula is C27H30N6O4. The molecule has 0 aliphatic heterocycles. The summed E-state index contributed by atoms with van der Waals surface area (Å²) in [6, 6.07) is 17.4. The van der Waals surface area contributed by atoms with Crippen molar-refractivity contribution in [1.82, 2.24) is 19.1 Å². The van der Waals surface area contributed by atoms with Crippen LogP contribution >= 0.6 is 0 Å². The number of anilines is 1. The lowest BCUT2D eigenvalue weighted by atomic mass is 10.2. The van der Waals surface area contributed by atoms with Crippen LogP contribution in [0.1, 0.15) is 25.0 Å². The van der Waals surface area contributed by atoms with Gasteiger partial charge in [-0.15, -0.1) is 0 Å². The highest BCUT2D eigenvalue weighted by molar-refractivity contribution is 5.96. The van der Waals surface area contributed by atoms with Gasteiger partial charge < -0.3 is 14.4 Å². The van der Waals surface area contributed by atoms with E-state index < -0.39 is 17.4 Å². The van der Waals surface area contributed by atoms with Gasteiger partial charge in [0, 0.05) is 7.05 Å². The Bertz CT molecular complexity index is 1530. The van der Waals surface area contributed by atoms with E-state index in [1.165, 1.54) is 21.7 Å². The van der Waals surface area contributed by atoms with Crippen molar-refractivity contribution in [2.45, 2.75) is 32.9 Å². The molecule has 2 aromatic carbocycles. The molecule has 1 atom stereocenters. The Hall–Kier alpha value is -4.44. The Morgan fingerprint density at radius 2 is 1.92 bits per heavy atom. The molecule has 3 N–H and O–H groups in total. The minimum Gasteiger partial charge on any atom is -0.491 e. The second-order valence-corrected chi connectivity index (χ2v) is 8.61. The number of allylic oxidation sites excluding steroid dienone is 1. The summed E-state index contributed by atoms with van der Waals surface area (Å²) in [5.74, 6) is 0.844. The van der Waals surface area contributed by atoms with Crippen molar-refractivity contribution < 1.29 is 9.84 Å². The van der Waals surface area contributed by atoms with Crippen LogP contribution in [0.25, 0.3) is 17.2 Å². The number of fused-ring (bicyclic) bond motifs is 1. The SMILES string of the molecule is CCc1ccc(OCC(O)Cn2c(N/N=C(C)/C=C/c3ccccc3)nc3c2c(=O)[nH]c(=O)n3C)cc1. The zero-order valence-corrected chi connectivity index (χ0v) is 21.0. The highest BCUT2D eigenvalue weighted by Crippen LogP contribution is 2.17. The average molecular weight is 503 g/mol. The fourth-order valence-corrected chi connectivity index (χ4v) is 3.73. The van der Waals surface area contributed by atoms with E-state index in [0.29, 0.717) is 11.5 Å². The largest absolute Gasteiger partial charge is 0.491 e. The Kier molecular flexibility index (Phi) is 7.99. The predicted molar refractivity (Wildman–Crippen MR) is 145 cm³/mol. The van der Waals surface area contributed by atoms with E-state index in [-0.39, 0.29) is 30.3 Å². The molecule has 10 nitrogen and oxygen atoms in total. The number of ether oxygens (including phenoxy) is 1. The van der Waals surface area contributed by atoms with Crippen molar-refractivity contribution in [3.63, 3.8) is 0 Å². The molecule has 0 aliphatic rings. The van der Waals surface area contributed by atoms with Gasteiger partial charge in [-0.2, -0.15) is 10.1 Å². The van der Waals surface area contributed by atoms with Crippen LogP contribution in [-0.4, -0.2) is 42.6 Å². The second-order valence-electron chi connectivity index (χ2n) is 8.61. The summed E-state index contributed by atoms with van der Waals surface area (Å²) < 4.78 is 8.47. The van der Waals surface area contributed by atoms with Crippen LogP contribution in [0.15, 0.2) is 75.4 Å². The first kappa shape index (κ1) is 25.6. The van der Waals surface area contributed by atoms with Crippen molar-refractivity contribution in [3.8, 4) is 5.75 Å². The first-order valence-corrected chi connectivity index (χ1v) is 12.0. The maximum Gasteiger partial charge on any atom is 0.329 e. The minimum atomic E-state index is -0.969. The second kappa shape index (κ2) is 11.5. The van der Waals surface area contributed by atoms with Crippen LogP contribution in [-0.2, 0) is 20.0 Å². The van der Waals surface area contributed by atoms with E-state index in [0.717, 1.165) is 12.0 Å². The Labute approximate surface area is 213 Å². The number of aliphatic hydroxyl groups excluding tert-OH is 1. The van der Waals surface area contributed by atoms with Crippen LogP contribution in [0, 0.1) is 0 Å². The Balaban J connectivity index is 1.57. The van der Waals surface area contributed by atoms with Crippen molar-refractivity contribution in [2.75, 3.05) is 12.0 Å². The number of imidazole rings is 1.